The number of nitro benzene ring substituents is 1. The summed E-state index contributed by atoms with van der Waals surface area (Å²) in [5.74, 6) is 0.486. The number of amidine groups is 1. The third-order valence-corrected chi connectivity index (χ3v) is 3.17. The second kappa shape index (κ2) is 5.66. The highest BCUT2D eigenvalue weighted by Crippen LogP contribution is 2.36. The number of nitrogens with zero attached hydrogens (tertiary/aromatic N) is 2. The third-order valence-electron chi connectivity index (χ3n) is 2.37. The van der Waals surface area contributed by atoms with Gasteiger partial charge in [-0.1, -0.05) is 6.07 Å². The van der Waals surface area contributed by atoms with Gasteiger partial charge in [-0.3, -0.25) is 20.5 Å². The van der Waals surface area contributed by atoms with E-state index in [0.717, 1.165) is 0 Å². The van der Waals surface area contributed by atoms with Crippen molar-refractivity contribution in [3.8, 4) is 11.5 Å². The molecule has 0 saturated carbocycles. The SMILES string of the molecule is N=C(N)c1cc(Oc2cccc([N+](=O)[O-])c2Br)ccn1. The molecule has 0 amide bonds. The zero-order chi connectivity index (χ0) is 14.7. The molecule has 20 heavy (non-hydrogen) atoms. The van der Waals surface area contributed by atoms with Crippen LogP contribution in [0.25, 0.3) is 0 Å². The van der Waals surface area contributed by atoms with Crippen LogP contribution in [0.1, 0.15) is 5.69 Å². The van der Waals surface area contributed by atoms with Crippen molar-refractivity contribution in [2.24, 2.45) is 5.73 Å². The van der Waals surface area contributed by atoms with E-state index >= 15 is 0 Å². The van der Waals surface area contributed by atoms with Crippen LogP contribution >= 0.6 is 15.9 Å². The van der Waals surface area contributed by atoms with Gasteiger partial charge in [-0.05, 0) is 28.1 Å². The summed E-state index contributed by atoms with van der Waals surface area (Å²) in [5.41, 5.74) is 5.51. The molecule has 0 fully saturated rings. The van der Waals surface area contributed by atoms with Crippen LogP contribution in [-0.2, 0) is 0 Å². The number of nitrogen functional groups attached to an aromatic ring is 1. The van der Waals surface area contributed by atoms with Gasteiger partial charge in [0.05, 0.1) is 4.92 Å². The van der Waals surface area contributed by atoms with E-state index in [4.69, 9.17) is 15.9 Å². The Morgan fingerprint density at radius 1 is 1.45 bits per heavy atom. The van der Waals surface area contributed by atoms with Crippen molar-refractivity contribution in [2.75, 3.05) is 0 Å². The van der Waals surface area contributed by atoms with Crippen LogP contribution in [0.15, 0.2) is 41.0 Å². The van der Waals surface area contributed by atoms with E-state index in [9.17, 15) is 10.1 Å². The molecular formula is C12H9BrN4O3. The van der Waals surface area contributed by atoms with E-state index in [1.54, 1.807) is 12.1 Å². The van der Waals surface area contributed by atoms with Crippen molar-refractivity contribution >= 4 is 27.5 Å². The third kappa shape index (κ3) is 2.91. The molecular weight excluding hydrogens is 328 g/mol. The summed E-state index contributed by atoms with van der Waals surface area (Å²) in [7, 11) is 0. The minimum absolute atomic E-state index is 0.0941. The maximum Gasteiger partial charge on any atom is 0.287 e. The number of rotatable bonds is 4. The Hall–Kier alpha value is -2.48. The molecule has 0 atom stereocenters. The standard InChI is InChI=1S/C12H9BrN4O3/c13-11-9(17(18)19)2-1-3-10(11)20-7-4-5-16-8(6-7)12(14)15/h1-6H,(H3,14,15). The van der Waals surface area contributed by atoms with Crippen LogP contribution < -0.4 is 10.5 Å². The molecule has 1 heterocycles. The number of hydrogen-bond acceptors (Lipinski definition) is 5. The lowest BCUT2D eigenvalue weighted by Gasteiger charge is -2.08. The van der Waals surface area contributed by atoms with E-state index in [2.05, 4.69) is 20.9 Å². The summed E-state index contributed by atoms with van der Waals surface area (Å²) in [6.07, 6.45) is 1.44. The van der Waals surface area contributed by atoms with E-state index in [1.165, 1.54) is 24.4 Å². The van der Waals surface area contributed by atoms with E-state index in [-0.39, 0.29) is 21.7 Å². The molecule has 0 unspecified atom stereocenters. The Balaban J connectivity index is 2.35. The number of ether oxygens (including phenoxy) is 1. The fourth-order valence-electron chi connectivity index (χ4n) is 1.47. The average molecular weight is 337 g/mol. The topological polar surface area (TPSA) is 115 Å². The summed E-state index contributed by atoms with van der Waals surface area (Å²) in [5, 5.41) is 18.1. The van der Waals surface area contributed by atoms with Gasteiger partial charge in [0.1, 0.15) is 27.5 Å². The molecule has 0 radical (unpaired) electrons. The molecule has 8 heteroatoms. The number of hydrogen-bond donors (Lipinski definition) is 2. The van der Waals surface area contributed by atoms with Gasteiger partial charge < -0.3 is 10.5 Å². The van der Waals surface area contributed by atoms with Gasteiger partial charge in [0.15, 0.2) is 0 Å². The van der Waals surface area contributed by atoms with Crippen molar-refractivity contribution in [1.82, 2.24) is 4.98 Å². The van der Waals surface area contributed by atoms with Crippen molar-refractivity contribution in [2.45, 2.75) is 0 Å². The number of halogens is 1. The molecule has 3 N–H and O–H groups in total. The van der Waals surface area contributed by atoms with Gasteiger partial charge in [-0.25, -0.2) is 0 Å². The maximum atomic E-state index is 10.8. The zero-order valence-corrected chi connectivity index (χ0v) is 11.6. The largest absolute Gasteiger partial charge is 0.456 e. The van der Waals surface area contributed by atoms with Gasteiger partial charge in [0.2, 0.25) is 0 Å². The summed E-state index contributed by atoms with van der Waals surface area (Å²) < 4.78 is 5.79. The predicted octanol–water partition coefficient (Wildman–Crippen LogP) is 2.83. The van der Waals surface area contributed by atoms with Crippen molar-refractivity contribution in [3.05, 3.63) is 56.8 Å². The highest BCUT2D eigenvalue weighted by Gasteiger charge is 2.16. The van der Waals surface area contributed by atoms with Crippen LogP contribution in [0, 0.1) is 15.5 Å². The molecule has 0 aliphatic carbocycles. The van der Waals surface area contributed by atoms with Crippen molar-refractivity contribution in [3.63, 3.8) is 0 Å². The fourth-order valence-corrected chi connectivity index (χ4v) is 1.96. The summed E-state index contributed by atoms with van der Waals surface area (Å²) >= 11 is 3.14. The molecule has 102 valence electrons. The van der Waals surface area contributed by atoms with Crippen LogP contribution in [0.4, 0.5) is 5.69 Å². The molecule has 2 aromatic rings. The van der Waals surface area contributed by atoms with Crippen molar-refractivity contribution in [1.29, 1.82) is 5.41 Å². The summed E-state index contributed by atoms with van der Waals surface area (Å²) in [6, 6.07) is 7.52. The van der Waals surface area contributed by atoms with E-state index in [0.29, 0.717) is 11.5 Å². The van der Waals surface area contributed by atoms with Crippen LogP contribution in [0.2, 0.25) is 0 Å². The minimum Gasteiger partial charge on any atom is -0.456 e. The first-order valence-electron chi connectivity index (χ1n) is 5.40. The number of pyridine rings is 1. The molecule has 2 rings (SSSR count). The Morgan fingerprint density at radius 2 is 2.20 bits per heavy atom. The second-order valence-electron chi connectivity index (χ2n) is 3.74. The van der Waals surface area contributed by atoms with Gasteiger partial charge in [0.25, 0.3) is 5.69 Å². The van der Waals surface area contributed by atoms with E-state index < -0.39 is 4.92 Å². The first kappa shape index (κ1) is 13.9. The van der Waals surface area contributed by atoms with Crippen molar-refractivity contribution < 1.29 is 9.66 Å². The predicted molar refractivity (Wildman–Crippen MR) is 76.1 cm³/mol. The Kier molecular flexibility index (Phi) is 3.94. The molecule has 0 aliphatic rings. The van der Waals surface area contributed by atoms with E-state index in [1.807, 2.05) is 0 Å². The van der Waals surface area contributed by atoms with Gasteiger partial charge >= 0.3 is 0 Å². The summed E-state index contributed by atoms with van der Waals surface area (Å²) in [6.45, 7) is 0. The number of nitro groups is 1. The van der Waals surface area contributed by atoms with Crippen LogP contribution in [0.3, 0.4) is 0 Å². The average Bonchev–Trinajstić information content (AvgIpc) is 2.41. The molecule has 0 spiro atoms. The number of nitrogens with one attached hydrogen (secondary N) is 1. The first-order valence-corrected chi connectivity index (χ1v) is 6.19. The summed E-state index contributed by atoms with van der Waals surface area (Å²) in [4.78, 5) is 14.2. The maximum absolute atomic E-state index is 10.8. The number of nitrogens with two attached hydrogens (primary N) is 1. The zero-order valence-electron chi connectivity index (χ0n) is 10.0. The minimum atomic E-state index is -0.509. The Morgan fingerprint density at radius 3 is 2.85 bits per heavy atom. The molecule has 0 bridgehead atoms. The normalized spacial score (nSPS) is 10.1. The first-order chi connectivity index (χ1) is 9.49. The van der Waals surface area contributed by atoms with Gasteiger partial charge in [-0.15, -0.1) is 0 Å². The smallest absolute Gasteiger partial charge is 0.287 e. The molecule has 0 saturated heterocycles. The lowest BCUT2D eigenvalue weighted by atomic mass is 10.3. The monoisotopic (exact) mass is 336 g/mol. The highest BCUT2D eigenvalue weighted by atomic mass is 79.9. The number of benzene rings is 1. The van der Waals surface area contributed by atoms with Gasteiger partial charge in [-0.2, -0.15) is 0 Å². The Labute approximate surface area is 122 Å². The van der Waals surface area contributed by atoms with Crippen LogP contribution in [0.5, 0.6) is 11.5 Å². The van der Waals surface area contributed by atoms with Gasteiger partial charge in [0, 0.05) is 18.3 Å². The lowest BCUT2D eigenvalue weighted by Crippen LogP contribution is -2.12. The lowest BCUT2D eigenvalue weighted by molar-refractivity contribution is -0.385. The fraction of sp³-hybridized carbons (Fsp3) is 0. The number of aromatic nitrogens is 1. The molecule has 1 aromatic heterocycles. The highest BCUT2D eigenvalue weighted by molar-refractivity contribution is 9.10. The molecule has 1 aromatic carbocycles. The molecule has 7 nitrogen and oxygen atoms in total. The van der Waals surface area contributed by atoms with Crippen LogP contribution in [-0.4, -0.2) is 15.7 Å². The quantitative estimate of drug-likeness (QED) is 0.385. The second-order valence-corrected chi connectivity index (χ2v) is 4.53. The molecule has 0 aliphatic heterocycles. The Bertz CT molecular complexity index is 690.